The summed E-state index contributed by atoms with van der Waals surface area (Å²) in [6.45, 7) is 2.06. The Morgan fingerprint density at radius 1 is 1.25 bits per heavy atom. The van der Waals surface area contributed by atoms with E-state index in [9.17, 15) is 0 Å². The lowest BCUT2D eigenvalue weighted by Crippen LogP contribution is -2.09. The molecule has 102 valence electrons. The van der Waals surface area contributed by atoms with E-state index in [4.69, 9.17) is 11.6 Å². The SMILES string of the molecule is CC(Nc1nc(Cl)nc2nc[nH]c12)c1ccc(Br)cc1. The molecule has 0 spiro atoms. The van der Waals surface area contributed by atoms with Gasteiger partial charge in [-0.2, -0.15) is 9.97 Å². The molecule has 1 atom stereocenters. The lowest BCUT2D eigenvalue weighted by Gasteiger charge is -2.15. The van der Waals surface area contributed by atoms with Gasteiger partial charge in [-0.25, -0.2) is 4.98 Å². The third kappa shape index (κ3) is 2.62. The number of nitrogens with zero attached hydrogens (tertiary/aromatic N) is 3. The molecule has 20 heavy (non-hydrogen) atoms. The predicted octanol–water partition coefficient (Wildman–Crippen LogP) is 3.94. The maximum absolute atomic E-state index is 5.91. The highest BCUT2D eigenvalue weighted by molar-refractivity contribution is 9.10. The first-order valence-electron chi connectivity index (χ1n) is 6.02. The zero-order chi connectivity index (χ0) is 14.1. The van der Waals surface area contributed by atoms with Gasteiger partial charge in [-0.05, 0) is 36.2 Å². The highest BCUT2D eigenvalue weighted by atomic mass is 79.9. The predicted molar refractivity (Wildman–Crippen MR) is 82.9 cm³/mol. The largest absolute Gasteiger partial charge is 0.362 e. The number of anilines is 1. The molecule has 0 fully saturated rings. The number of hydrogen-bond donors (Lipinski definition) is 2. The van der Waals surface area contributed by atoms with Crippen molar-refractivity contribution in [2.45, 2.75) is 13.0 Å². The molecule has 0 bridgehead atoms. The van der Waals surface area contributed by atoms with E-state index in [2.05, 4.69) is 60.2 Å². The Morgan fingerprint density at radius 2 is 2.00 bits per heavy atom. The van der Waals surface area contributed by atoms with E-state index in [0.29, 0.717) is 11.5 Å². The van der Waals surface area contributed by atoms with E-state index >= 15 is 0 Å². The van der Waals surface area contributed by atoms with Gasteiger partial charge in [0.25, 0.3) is 0 Å². The third-order valence-electron chi connectivity index (χ3n) is 2.98. The van der Waals surface area contributed by atoms with Crippen LogP contribution in [0.3, 0.4) is 0 Å². The minimum atomic E-state index is 0.0839. The van der Waals surface area contributed by atoms with Gasteiger partial charge in [-0.15, -0.1) is 0 Å². The molecule has 0 saturated carbocycles. The summed E-state index contributed by atoms with van der Waals surface area (Å²) in [5.74, 6) is 0.646. The fourth-order valence-corrected chi connectivity index (χ4v) is 2.38. The average Bonchev–Trinajstić information content (AvgIpc) is 2.87. The Kier molecular flexibility index (Phi) is 3.58. The normalized spacial score (nSPS) is 12.6. The van der Waals surface area contributed by atoms with Crippen LogP contribution < -0.4 is 5.32 Å². The Hall–Kier alpha value is -1.66. The van der Waals surface area contributed by atoms with Gasteiger partial charge in [-0.1, -0.05) is 28.1 Å². The number of fused-ring (bicyclic) bond motifs is 1. The molecule has 0 aliphatic heterocycles. The Balaban J connectivity index is 1.92. The molecule has 0 saturated heterocycles. The summed E-state index contributed by atoms with van der Waals surface area (Å²) in [4.78, 5) is 15.4. The van der Waals surface area contributed by atoms with Gasteiger partial charge < -0.3 is 10.3 Å². The summed E-state index contributed by atoms with van der Waals surface area (Å²) in [6.07, 6.45) is 1.57. The zero-order valence-electron chi connectivity index (χ0n) is 10.6. The van der Waals surface area contributed by atoms with Crippen LogP contribution in [0.15, 0.2) is 35.1 Å². The average molecular weight is 353 g/mol. The van der Waals surface area contributed by atoms with Crippen LogP contribution in [0.25, 0.3) is 11.2 Å². The van der Waals surface area contributed by atoms with Gasteiger partial charge in [0.2, 0.25) is 5.28 Å². The number of halogens is 2. The Morgan fingerprint density at radius 3 is 2.75 bits per heavy atom. The molecule has 0 aliphatic carbocycles. The molecule has 2 heterocycles. The van der Waals surface area contributed by atoms with Crippen LogP contribution in [0.2, 0.25) is 5.28 Å². The molecule has 0 aliphatic rings. The van der Waals surface area contributed by atoms with E-state index in [1.165, 1.54) is 0 Å². The lowest BCUT2D eigenvalue weighted by atomic mass is 10.1. The van der Waals surface area contributed by atoms with E-state index in [-0.39, 0.29) is 11.3 Å². The molecule has 2 N–H and O–H groups in total. The summed E-state index contributed by atoms with van der Waals surface area (Å²) in [5, 5.41) is 3.50. The van der Waals surface area contributed by atoms with Crippen molar-refractivity contribution < 1.29 is 0 Å². The standard InChI is InChI=1S/C13H11BrClN5/c1-7(8-2-4-9(14)5-3-8)18-12-10-11(17-6-16-10)19-13(15)20-12/h2-7H,1H3,(H2,16,17,18,19,20). The van der Waals surface area contributed by atoms with Gasteiger partial charge in [0.1, 0.15) is 5.52 Å². The Bertz CT molecular complexity index is 740. The van der Waals surface area contributed by atoms with Crippen molar-refractivity contribution in [3.8, 4) is 0 Å². The van der Waals surface area contributed by atoms with Gasteiger partial charge in [-0.3, -0.25) is 0 Å². The first-order valence-corrected chi connectivity index (χ1v) is 7.19. The van der Waals surface area contributed by atoms with Gasteiger partial charge in [0.05, 0.1) is 12.4 Å². The number of benzene rings is 1. The first kappa shape index (κ1) is 13.3. The summed E-state index contributed by atoms with van der Waals surface area (Å²) in [5.41, 5.74) is 2.45. The minimum absolute atomic E-state index is 0.0839. The van der Waals surface area contributed by atoms with Crippen LogP contribution in [-0.2, 0) is 0 Å². The number of aromatic nitrogens is 4. The summed E-state index contributed by atoms with van der Waals surface area (Å²) in [7, 11) is 0. The first-order chi connectivity index (χ1) is 9.63. The summed E-state index contributed by atoms with van der Waals surface area (Å²) >= 11 is 9.34. The lowest BCUT2D eigenvalue weighted by molar-refractivity contribution is 0.874. The van der Waals surface area contributed by atoms with Gasteiger partial charge >= 0.3 is 0 Å². The van der Waals surface area contributed by atoms with Crippen molar-refractivity contribution in [1.82, 2.24) is 19.9 Å². The third-order valence-corrected chi connectivity index (χ3v) is 3.68. The number of hydrogen-bond acceptors (Lipinski definition) is 4. The second-order valence-corrected chi connectivity index (χ2v) is 5.61. The molecular weight excluding hydrogens is 342 g/mol. The number of imidazole rings is 1. The number of rotatable bonds is 3. The molecule has 0 amide bonds. The van der Waals surface area contributed by atoms with Crippen LogP contribution in [0, 0.1) is 0 Å². The molecule has 3 rings (SSSR count). The molecule has 7 heteroatoms. The maximum Gasteiger partial charge on any atom is 0.226 e. The van der Waals surface area contributed by atoms with Gasteiger partial charge in [0.15, 0.2) is 11.5 Å². The maximum atomic E-state index is 5.91. The number of nitrogens with one attached hydrogen (secondary N) is 2. The summed E-state index contributed by atoms with van der Waals surface area (Å²) < 4.78 is 1.05. The van der Waals surface area contributed by atoms with E-state index in [1.807, 2.05) is 12.1 Å². The monoisotopic (exact) mass is 351 g/mol. The van der Waals surface area contributed by atoms with Crippen LogP contribution in [0.4, 0.5) is 5.82 Å². The Labute approximate surface area is 128 Å². The molecule has 1 unspecified atom stereocenters. The fraction of sp³-hybridized carbons (Fsp3) is 0.154. The molecule has 5 nitrogen and oxygen atoms in total. The van der Waals surface area contributed by atoms with Crippen LogP contribution >= 0.6 is 27.5 Å². The number of aromatic amines is 1. The second-order valence-electron chi connectivity index (χ2n) is 4.36. The highest BCUT2D eigenvalue weighted by Crippen LogP contribution is 2.24. The van der Waals surface area contributed by atoms with Crippen molar-refractivity contribution in [1.29, 1.82) is 0 Å². The summed E-state index contributed by atoms with van der Waals surface area (Å²) in [6, 6.07) is 8.20. The van der Waals surface area contributed by atoms with Crippen molar-refractivity contribution in [2.24, 2.45) is 0 Å². The minimum Gasteiger partial charge on any atom is -0.362 e. The van der Waals surface area contributed by atoms with Crippen LogP contribution in [0.1, 0.15) is 18.5 Å². The molecule has 0 radical (unpaired) electrons. The highest BCUT2D eigenvalue weighted by Gasteiger charge is 2.12. The quantitative estimate of drug-likeness (QED) is 0.701. The van der Waals surface area contributed by atoms with E-state index in [0.717, 1.165) is 15.6 Å². The van der Waals surface area contributed by atoms with E-state index < -0.39 is 0 Å². The molecule has 2 aromatic heterocycles. The number of H-pyrrole nitrogens is 1. The molecule has 1 aromatic carbocycles. The molecule has 3 aromatic rings. The van der Waals surface area contributed by atoms with Gasteiger partial charge in [0, 0.05) is 4.47 Å². The van der Waals surface area contributed by atoms with Crippen molar-refractivity contribution in [2.75, 3.05) is 5.32 Å². The molecular formula is C13H11BrClN5. The second kappa shape index (κ2) is 5.38. The zero-order valence-corrected chi connectivity index (χ0v) is 12.9. The van der Waals surface area contributed by atoms with Crippen LogP contribution in [0.5, 0.6) is 0 Å². The van der Waals surface area contributed by atoms with E-state index in [1.54, 1.807) is 6.33 Å². The van der Waals surface area contributed by atoms with Crippen molar-refractivity contribution in [3.05, 3.63) is 45.9 Å². The van der Waals surface area contributed by atoms with Crippen molar-refractivity contribution >= 4 is 44.5 Å². The smallest absolute Gasteiger partial charge is 0.226 e. The topological polar surface area (TPSA) is 66.5 Å². The van der Waals surface area contributed by atoms with Crippen LogP contribution in [-0.4, -0.2) is 19.9 Å². The van der Waals surface area contributed by atoms with Crippen molar-refractivity contribution in [3.63, 3.8) is 0 Å². The fourth-order valence-electron chi connectivity index (χ4n) is 1.95.